The largest absolute Gasteiger partial charge is 0.449 e. The van der Waals surface area contributed by atoms with Gasteiger partial charge in [-0.1, -0.05) is 18.2 Å². The minimum absolute atomic E-state index is 0.275. The zero-order chi connectivity index (χ0) is 19.9. The molecule has 0 aliphatic heterocycles. The third-order valence-electron chi connectivity index (χ3n) is 3.77. The molecular formula is C19H17N5O4. The first kappa shape index (κ1) is 18.8. The Balaban J connectivity index is 1.52. The summed E-state index contributed by atoms with van der Waals surface area (Å²) >= 11 is 0. The van der Waals surface area contributed by atoms with Crippen molar-refractivity contribution in [2.45, 2.75) is 13.0 Å². The maximum atomic E-state index is 12.2. The van der Waals surface area contributed by atoms with Gasteiger partial charge in [0.25, 0.3) is 11.8 Å². The second-order valence-corrected chi connectivity index (χ2v) is 5.74. The van der Waals surface area contributed by atoms with Crippen molar-refractivity contribution in [1.29, 1.82) is 0 Å². The fourth-order valence-electron chi connectivity index (χ4n) is 2.26. The van der Waals surface area contributed by atoms with E-state index in [0.717, 1.165) is 5.69 Å². The molecule has 1 heterocycles. The van der Waals surface area contributed by atoms with Crippen LogP contribution in [-0.2, 0) is 9.53 Å². The molecule has 0 aliphatic rings. The van der Waals surface area contributed by atoms with Crippen molar-refractivity contribution in [3.05, 3.63) is 78.4 Å². The van der Waals surface area contributed by atoms with E-state index >= 15 is 0 Å². The Morgan fingerprint density at radius 2 is 1.68 bits per heavy atom. The number of esters is 1. The van der Waals surface area contributed by atoms with Crippen LogP contribution < -0.4 is 10.9 Å². The van der Waals surface area contributed by atoms with E-state index in [1.54, 1.807) is 59.3 Å². The molecule has 0 saturated heterocycles. The molecule has 0 saturated carbocycles. The number of hydrogen-bond acceptors (Lipinski definition) is 6. The van der Waals surface area contributed by atoms with Crippen LogP contribution in [0.2, 0.25) is 0 Å². The fourth-order valence-corrected chi connectivity index (χ4v) is 2.26. The standard InChI is InChI=1S/C19H17N5O4/c1-13(17(25)22-23-18(26)14-5-3-2-4-6-14)28-19(27)15-7-9-16(10-8-15)24-12-20-11-21-24/h2-13H,1H3,(H,22,25)(H,23,26)/t13-/m0/s1. The second-order valence-electron chi connectivity index (χ2n) is 5.74. The van der Waals surface area contributed by atoms with E-state index in [0.29, 0.717) is 5.56 Å². The molecule has 142 valence electrons. The lowest BCUT2D eigenvalue weighted by Crippen LogP contribution is -2.46. The molecule has 9 heteroatoms. The summed E-state index contributed by atoms with van der Waals surface area (Å²) in [5, 5.41) is 3.99. The first-order chi connectivity index (χ1) is 13.5. The van der Waals surface area contributed by atoms with Crippen LogP contribution in [0.1, 0.15) is 27.6 Å². The van der Waals surface area contributed by atoms with Crippen LogP contribution in [-0.4, -0.2) is 38.7 Å². The van der Waals surface area contributed by atoms with E-state index in [9.17, 15) is 14.4 Å². The molecule has 3 rings (SSSR count). The summed E-state index contributed by atoms with van der Waals surface area (Å²) in [6.07, 6.45) is 1.83. The monoisotopic (exact) mass is 379 g/mol. The second kappa shape index (κ2) is 8.58. The van der Waals surface area contributed by atoms with Crippen molar-refractivity contribution in [1.82, 2.24) is 25.6 Å². The van der Waals surface area contributed by atoms with E-state index in [2.05, 4.69) is 20.9 Å². The molecule has 0 radical (unpaired) electrons. The smallest absolute Gasteiger partial charge is 0.338 e. The van der Waals surface area contributed by atoms with Crippen molar-refractivity contribution in [2.24, 2.45) is 0 Å². The molecule has 2 aromatic carbocycles. The first-order valence-corrected chi connectivity index (χ1v) is 8.36. The molecule has 0 fully saturated rings. The minimum atomic E-state index is -1.10. The van der Waals surface area contributed by atoms with Gasteiger partial charge < -0.3 is 4.74 Å². The fraction of sp³-hybridized carbons (Fsp3) is 0.105. The summed E-state index contributed by atoms with van der Waals surface area (Å²) in [4.78, 5) is 40.0. The molecule has 2 N–H and O–H groups in total. The number of aromatic nitrogens is 3. The van der Waals surface area contributed by atoms with Crippen LogP contribution in [0.4, 0.5) is 0 Å². The van der Waals surface area contributed by atoms with Gasteiger partial charge in [0.05, 0.1) is 11.3 Å². The third-order valence-corrected chi connectivity index (χ3v) is 3.77. The lowest BCUT2D eigenvalue weighted by atomic mass is 10.2. The van der Waals surface area contributed by atoms with Crippen LogP contribution >= 0.6 is 0 Å². The molecule has 0 spiro atoms. The minimum Gasteiger partial charge on any atom is -0.449 e. The van der Waals surface area contributed by atoms with E-state index < -0.39 is 23.9 Å². The molecule has 2 amide bonds. The van der Waals surface area contributed by atoms with Gasteiger partial charge in [0.15, 0.2) is 6.10 Å². The van der Waals surface area contributed by atoms with E-state index in [-0.39, 0.29) is 5.56 Å². The van der Waals surface area contributed by atoms with Gasteiger partial charge in [-0.15, -0.1) is 0 Å². The summed E-state index contributed by atoms with van der Waals surface area (Å²) in [5.74, 6) is -1.80. The highest BCUT2D eigenvalue weighted by atomic mass is 16.5. The zero-order valence-corrected chi connectivity index (χ0v) is 14.9. The maximum absolute atomic E-state index is 12.2. The normalized spacial score (nSPS) is 11.3. The van der Waals surface area contributed by atoms with Crippen LogP contribution in [0.5, 0.6) is 0 Å². The van der Waals surface area contributed by atoms with Crippen molar-refractivity contribution < 1.29 is 19.1 Å². The molecule has 9 nitrogen and oxygen atoms in total. The predicted molar refractivity (Wildman–Crippen MR) is 98.3 cm³/mol. The van der Waals surface area contributed by atoms with Crippen LogP contribution in [0.25, 0.3) is 5.69 Å². The van der Waals surface area contributed by atoms with E-state index in [4.69, 9.17) is 4.74 Å². The molecule has 0 unspecified atom stereocenters. The average molecular weight is 379 g/mol. The summed E-state index contributed by atoms with van der Waals surface area (Å²) in [6.45, 7) is 1.41. The Morgan fingerprint density at radius 3 is 2.32 bits per heavy atom. The third kappa shape index (κ3) is 4.58. The van der Waals surface area contributed by atoms with Gasteiger partial charge >= 0.3 is 5.97 Å². The highest BCUT2D eigenvalue weighted by Gasteiger charge is 2.19. The topological polar surface area (TPSA) is 115 Å². The average Bonchev–Trinajstić information content (AvgIpc) is 3.27. The molecule has 28 heavy (non-hydrogen) atoms. The number of nitrogens with one attached hydrogen (secondary N) is 2. The van der Waals surface area contributed by atoms with Gasteiger partial charge in [0.1, 0.15) is 12.7 Å². The number of benzene rings is 2. The first-order valence-electron chi connectivity index (χ1n) is 8.36. The molecular weight excluding hydrogens is 362 g/mol. The summed E-state index contributed by atoms with van der Waals surface area (Å²) in [7, 11) is 0. The van der Waals surface area contributed by atoms with E-state index in [1.165, 1.54) is 19.6 Å². The predicted octanol–water partition coefficient (Wildman–Crippen LogP) is 1.27. The summed E-state index contributed by atoms with van der Waals surface area (Å²) in [5.41, 5.74) is 5.89. The van der Waals surface area contributed by atoms with Crippen molar-refractivity contribution in [3.63, 3.8) is 0 Å². The molecule has 0 aliphatic carbocycles. The number of carbonyl (C=O) groups is 3. The van der Waals surface area contributed by atoms with Gasteiger partial charge in [-0.3, -0.25) is 20.4 Å². The number of hydrazine groups is 1. The SMILES string of the molecule is C[C@H](OC(=O)c1ccc(-n2cncn2)cc1)C(=O)NNC(=O)c1ccccc1. The van der Waals surface area contributed by atoms with Crippen LogP contribution in [0, 0.1) is 0 Å². The number of carbonyl (C=O) groups excluding carboxylic acids is 3. The maximum Gasteiger partial charge on any atom is 0.338 e. The van der Waals surface area contributed by atoms with Crippen LogP contribution in [0.3, 0.4) is 0 Å². The lowest BCUT2D eigenvalue weighted by Gasteiger charge is -2.14. The molecule has 1 atom stereocenters. The van der Waals surface area contributed by atoms with Gasteiger partial charge in [-0.2, -0.15) is 5.10 Å². The zero-order valence-electron chi connectivity index (χ0n) is 14.9. The van der Waals surface area contributed by atoms with Gasteiger partial charge in [0.2, 0.25) is 0 Å². The number of ether oxygens (including phenoxy) is 1. The van der Waals surface area contributed by atoms with Gasteiger partial charge in [-0.25, -0.2) is 14.5 Å². The Kier molecular flexibility index (Phi) is 5.75. The highest BCUT2D eigenvalue weighted by molar-refractivity contribution is 5.96. The number of nitrogens with zero attached hydrogens (tertiary/aromatic N) is 3. The number of rotatable bonds is 5. The number of hydrogen-bond donors (Lipinski definition) is 2. The molecule has 1 aromatic heterocycles. The Hall–Kier alpha value is -4.01. The molecule has 0 bridgehead atoms. The summed E-state index contributed by atoms with van der Waals surface area (Å²) < 4.78 is 6.67. The summed E-state index contributed by atoms with van der Waals surface area (Å²) in [6, 6.07) is 14.9. The highest BCUT2D eigenvalue weighted by Crippen LogP contribution is 2.10. The van der Waals surface area contributed by atoms with Gasteiger partial charge in [0, 0.05) is 5.56 Å². The molecule has 3 aromatic rings. The van der Waals surface area contributed by atoms with Crippen molar-refractivity contribution in [2.75, 3.05) is 0 Å². The number of amides is 2. The Morgan fingerprint density at radius 1 is 0.964 bits per heavy atom. The van der Waals surface area contributed by atoms with Crippen molar-refractivity contribution >= 4 is 17.8 Å². The van der Waals surface area contributed by atoms with Crippen molar-refractivity contribution in [3.8, 4) is 5.69 Å². The quantitative estimate of drug-likeness (QED) is 0.510. The lowest BCUT2D eigenvalue weighted by molar-refractivity contribution is -0.129. The van der Waals surface area contributed by atoms with Crippen LogP contribution in [0.15, 0.2) is 67.3 Å². The van der Waals surface area contributed by atoms with E-state index in [1.807, 2.05) is 0 Å². The Labute approximate surface area is 160 Å². The van der Waals surface area contributed by atoms with Gasteiger partial charge in [-0.05, 0) is 43.3 Å². The Bertz CT molecular complexity index is 956.